The predicted molar refractivity (Wildman–Crippen MR) is 86.8 cm³/mol. The second-order valence-electron chi connectivity index (χ2n) is 5.44. The van der Waals surface area contributed by atoms with Crippen molar-refractivity contribution in [3.8, 4) is 0 Å². The highest BCUT2D eigenvalue weighted by Crippen LogP contribution is 2.19. The second kappa shape index (κ2) is 8.58. The summed E-state index contributed by atoms with van der Waals surface area (Å²) in [7, 11) is 0. The maximum atomic E-state index is 13.1. The molecule has 21 heavy (non-hydrogen) atoms. The normalized spacial score (nSPS) is 12.3. The molecule has 0 aliphatic rings. The molecule has 1 unspecified atom stereocenters. The van der Waals surface area contributed by atoms with Crippen molar-refractivity contribution in [3.63, 3.8) is 0 Å². The van der Waals surface area contributed by atoms with E-state index in [2.05, 4.69) is 36.5 Å². The summed E-state index contributed by atoms with van der Waals surface area (Å²) in [5.74, 6) is -0.169. The highest BCUT2D eigenvalue weighted by Gasteiger charge is 2.10. The van der Waals surface area contributed by atoms with E-state index < -0.39 is 0 Å². The topological polar surface area (TPSA) is 12.0 Å². The van der Waals surface area contributed by atoms with Gasteiger partial charge in [0.05, 0.1) is 0 Å². The molecule has 112 valence electrons. The average Bonchev–Trinajstić information content (AvgIpc) is 2.53. The molecule has 2 aromatic carbocycles. The molecular formula is C19H24FN. The molecule has 2 heteroatoms. The Balaban J connectivity index is 1.91. The van der Waals surface area contributed by atoms with Crippen LogP contribution in [0.25, 0.3) is 0 Å². The molecule has 2 aromatic rings. The summed E-state index contributed by atoms with van der Waals surface area (Å²) in [6, 6.07) is 17.7. The molecule has 2 rings (SSSR count). The number of benzene rings is 2. The Morgan fingerprint density at radius 2 is 1.71 bits per heavy atom. The smallest absolute Gasteiger partial charge is 0.123 e. The van der Waals surface area contributed by atoms with Crippen molar-refractivity contribution in [2.45, 2.75) is 38.6 Å². The molecule has 0 saturated heterocycles. The van der Waals surface area contributed by atoms with E-state index in [4.69, 9.17) is 0 Å². The van der Waals surface area contributed by atoms with Gasteiger partial charge in [0.1, 0.15) is 5.82 Å². The SMILES string of the molecule is CCCCC(NCCc1ccccc1)c1ccc(F)cc1. The summed E-state index contributed by atoms with van der Waals surface area (Å²) in [6.45, 7) is 3.14. The van der Waals surface area contributed by atoms with Crippen LogP contribution in [0.2, 0.25) is 0 Å². The second-order valence-corrected chi connectivity index (χ2v) is 5.44. The van der Waals surface area contributed by atoms with Crippen LogP contribution < -0.4 is 5.32 Å². The zero-order valence-corrected chi connectivity index (χ0v) is 12.7. The van der Waals surface area contributed by atoms with Crippen LogP contribution in [0.5, 0.6) is 0 Å². The molecule has 0 bridgehead atoms. The Kier molecular flexibility index (Phi) is 6.42. The van der Waals surface area contributed by atoms with Crippen LogP contribution in [0.4, 0.5) is 4.39 Å². The van der Waals surface area contributed by atoms with E-state index in [0.29, 0.717) is 6.04 Å². The first-order chi connectivity index (χ1) is 10.3. The summed E-state index contributed by atoms with van der Waals surface area (Å²) in [5, 5.41) is 3.62. The number of halogens is 1. The molecule has 1 nitrogen and oxygen atoms in total. The number of nitrogens with one attached hydrogen (secondary N) is 1. The quantitative estimate of drug-likeness (QED) is 0.728. The van der Waals surface area contributed by atoms with Crippen LogP contribution in [0.3, 0.4) is 0 Å². The highest BCUT2D eigenvalue weighted by atomic mass is 19.1. The van der Waals surface area contributed by atoms with Crippen molar-refractivity contribution < 1.29 is 4.39 Å². The monoisotopic (exact) mass is 285 g/mol. The van der Waals surface area contributed by atoms with Gasteiger partial charge in [0.25, 0.3) is 0 Å². The van der Waals surface area contributed by atoms with Gasteiger partial charge >= 0.3 is 0 Å². The van der Waals surface area contributed by atoms with E-state index in [0.717, 1.165) is 19.4 Å². The minimum absolute atomic E-state index is 0.169. The number of rotatable bonds is 8. The van der Waals surface area contributed by atoms with Crippen molar-refractivity contribution in [3.05, 3.63) is 71.5 Å². The van der Waals surface area contributed by atoms with Crippen molar-refractivity contribution in [2.24, 2.45) is 0 Å². The van der Waals surface area contributed by atoms with Gasteiger partial charge in [-0.2, -0.15) is 0 Å². The van der Waals surface area contributed by atoms with E-state index in [1.165, 1.54) is 24.0 Å². The summed E-state index contributed by atoms with van der Waals surface area (Å²) < 4.78 is 13.1. The standard InChI is InChI=1S/C19H24FN/c1-2-3-9-19(17-10-12-18(20)13-11-17)21-15-14-16-7-5-4-6-8-16/h4-8,10-13,19,21H,2-3,9,14-15H2,1H3. The molecule has 0 aliphatic carbocycles. The minimum atomic E-state index is -0.169. The summed E-state index contributed by atoms with van der Waals surface area (Å²) in [4.78, 5) is 0. The van der Waals surface area contributed by atoms with Crippen LogP contribution in [-0.4, -0.2) is 6.54 Å². The fourth-order valence-electron chi connectivity index (χ4n) is 2.53. The van der Waals surface area contributed by atoms with Gasteiger partial charge < -0.3 is 5.32 Å². The lowest BCUT2D eigenvalue weighted by Crippen LogP contribution is -2.23. The van der Waals surface area contributed by atoms with Crippen molar-refractivity contribution in [1.82, 2.24) is 5.32 Å². The summed E-state index contributed by atoms with van der Waals surface area (Å²) in [6.07, 6.45) is 4.47. The third kappa shape index (κ3) is 5.31. The molecule has 0 spiro atoms. The van der Waals surface area contributed by atoms with Gasteiger partial charge in [-0.25, -0.2) is 4.39 Å². The van der Waals surface area contributed by atoms with E-state index >= 15 is 0 Å². The fourth-order valence-corrected chi connectivity index (χ4v) is 2.53. The van der Waals surface area contributed by atoms with Gasteiger partial charge in [0.2, 0.25) is 0 Å². The van der Waals surface area contributed by atoms with E-state index in [1.807, 2.05) is 18.2 Å². The molecule has 0 aromatic heterocycles. The lowest BCUT2D eigenvalue weighted by Gasteiger charge is -2.19. The summed E-state index contributed by atoms with van der Waals surface area (Å²) in [5.41, 5.74) is 2.52. The Labute approximate surface area is 127 Å². The minimum Gasteiger partial charge on any atom is -0.310 e. The number of unbranched alkanes of at least 4 members (excludes halogenated alkanes) is 1. The lowest BCUT2D eigenvalue weighted by molar-refractivity contribution is 0.483. The van der Waals surface area contributed by atoms with Gasteiger partial charge in [-0.05, 0) is 42.6 Å². The molecule has 0 heterocycles. The molecule has 0 aliphatic heterocycles. The molecule has 0 fully saturated rings. The molecule has 0 saturated carbocycles. The lowest BCUT2D eigenvalue weighted by atomic mass is 10.0. The van der Waals surface area contributed by atoms with Gasteiger partial charge in [0, 0.05) is 6.04 Å². The van der Waals surface area contributed by atoms with Crippen LogP contribution >= 0.6 is 0 Å². The molecular weight excluding hydrogens is 261 g/mol. The predicted octanol–water partition coefficient (Wildman–Crippen LogP) is 4.89. The maximum absolute atomic E-state index is 13.1. The fraction of sp³-hybridized carbons (Fsp3) is 0.368. The maximum Gasteiger partial charge on any atom is 0.123 e. The first-order valence-electron chi connectivity index (χ1n) is 7.82. The van der Waals surface area contributed by atoms with E-state index in [9.17, 15) is 4.39 Å². The van der Waals surface area contributed by atoms with Crippen LogP contribution in [0.1, 0.15) is 43.4 Å². The van der Waals surface area contributed by atoms with E-state index in [-0.39, 0.29) is 5.82 Å². The van der Waals surface area contributed by atoms with Gasteiger partial charge in [0.15, 0.2) is 0 Å². The zero-order chi connectivity index (χ0) is 14.9. The van der Waals surface area contributed by atoms with Gasteiger partial charge in [-0.15, -0.1) is 0 Å². The Hall–Kier alpha value is -1.67. The van der Waals surface area contributed by atoms with Crippen LogP contribution in [0.15, 0.2) is 54.6 Å². The third-order valence-corrected chi connectivity index (χ3v) is 3.77. The summed E-state index contributed by atoms with van der Waals surface area (Å²) >= 11 is 0. The Morgan fingerprint density at radius 3 is 2.38 bits per heavy atom. The van der Waals surface area contributed by atoms with E-state index in [1.54, 1.807) is 12.1 Å². The van der Waals surface area contributed by atoms with Crippen molar-refractivity contribution >= 4 is 0 Å². The first-order valence-corrected chi connectivity index (χ1v) is 7.82. The average molecular weight is 285 g/mol. The molecule has 1 N–H and O–H groups in total. The first kappa shape index (κ1) is 15.7. The highest BCUT2D eigenvalue weighted by molar-refractivity contribution is 5.20. The molecule has 1 atom stereocenters. The molecule has 0 radical (unpaired) electrons. The zero-order valence-electron chi connectivity index (χ0n) is 12.7. The Morgan fingerprint density at radius 1 is 1.00 bits per heavy atom. The Bertz CT molecular complexity index is 507. The molecule has 0 amide bonds. The van der Waals surface area contributed by atoms with Gasteiger partial charge in [-0.1, -0.05) is 62.2 Å². The van der Waals surface area contributed by atoms with Crippen molar-refractivity contribution in [1.29, 1.82) is 0 Å². The van der Waals surface area contributed by atoms with Crippen molar-refractivity contribution in [2.75, 3.05) is 6.54 Å². The van der Waals surface area contributed by atoms with Crippen LogP contribution in [0, 0.1) is 5.82 Å². The largest absolute Gasteiger partial charge is 0.310 e. The third-order valence-electron chi connectivity index (χ3n) is 3.77. The number of hydrogen-bond acceptors (Lipinski definition) is 1. The van der Waals surface area contributed by atoms with Gasteiger partial charge in [-0.3, -0.25) is 0 Å². The van der Waals surface area contributed by atoms with Crippen LogP contribution in [-0.2, 0) is 6.42 Å². The number of hydrogen-bond donors (Lipinski definition) is 1.